The van der Waals surface area contributed by atoms with Gasteiger partial charge in [-0.3, -0.25) is 4.98 Å². The van der Waals surface area contributed by atoms with E-state index in [-0.39, 0.29) is 11.2 Å². The summed E-state index contributed by atoms with van der Waals surface area (Å²) in [5.41, 5.74) is 12.9. The van der Waals surface area contributed by atoms with E-state index in [0.717, 1.165) is 22.5 Å². The molecule has 4 aromatic rings. The highest BCUT2D eigenvalue weighted by Gasteiger charge is 2.38. The zero-order valence-corrected chi connectivity index (χ0v) is 19.5. The zero-order chi connectivity index (χ0) is 22.8. The molecule has 0 unspecified atom stereocenters. The van der Waals surface area contributed by atoms with Gasteiger partial charge in [-0.2, -0.15) is 0 Å². The van der Waals surface area contributed by atoms with Crippen molar-refractivity contribution in [1.29, 1.82) is 0 Å². The summed E-state index contributed by atoms with van der Waals surface area (Å²) in [6.45, 7) is 10.9. The monoisotopic (exact) mass is 423 g/mol. The van der Waals surface area contributed by atoms with Crippen LogP contribution in [-0.4, -0.2) is 4.98 Å². The van der Waals surface area contributed by atoms with Crippen molar-refractivity contribution in [3.05, 3.63) is 94.7 Å². The van der Waals surface area contributed by atoms with Gasteiger partial charge >= 0.3 is 0 Å². The lowest BCUT2D eigenvalue weighted by Crippen LogP contribution is -2.31. The Morgan fingerprint density at radius 3 is 2.19 bits per heavy atom. The van der Waals surface area contributed by atoms with E-state index in [1.165, 1.54) is 51.2 Å². The van der Waals surface area contributed by atoms with Crippen LogP contribution >= 0.6 is 0 Å². The summed E-state index contributed by atoms with van der Waals surface area (Å²) in [6.07, 6.45) is 2.15. The number of halogens is 1. The summed E-state index contributed by atoms with van der Waals surface area (Å²) in [6, 6.07) is 17.9. The minimum atomic E-state index is -0.213. The van der Waals surface area contributed by atoms with E-state index >= 15 is 0 Å². The van der Waals surface area contributed by atoms with Gasteiger partial charge in [0.05, 0.1) is 5.69 Å². The number of hydrogen-bond donors (Lipinski definition) is 0. The Kier molecular flexibility index (Phi) is 4.56. The fraction of sp³-hybridized carbons (Fsp3) is 0.241. The van der Waals surface area contributed by atoms with Gasteiger partial charge in [0, 0.05) is 33.9 Å². The first-order valence-electron chi connectivity index (χ1n) is 11.1. The van der Waals surface area contributed by atoms with E-state index in [9.17, 15) is 4.39 Å². The van der Waals surface area contributed by atoms with Crippen LogP contribution in [0.2, 0.25) is 0 Å². The topological polar surface area (TPSA) is 16.8 Å². The Morgan fingerprint density at radius 1 is 0.781 bits per heavy atom. The van der Waals surface area contributed by atoms with Crippen LogP contribution in [0.15, 0.2) is 60.8 Å². The third-order valence-corrected chi connectivity index (χ3v) is 6.87. The molecule has 0 atom stereocenters. The van der Waals surface area contributed by atoms with Crippen molar-refractivity contribution in [2.24, 2.45) is 7.05 Å². The number of fused-ring (bicyclic) bond motifs is 3. The van der Waals surface area contributed by atoms with Crippen molar-refractivity contribution in [1.82, 2.24) is 4.98 Å². The fourth-order valence-electron chi connectivity index (χ4n) is 5.05. The molecule has 1 aliphatic carbocycles. The Morgan fingerprint density at radius 2 is 1.47 bits per heavy atom. The lowest BCUT2D eigenvalue weighted by molar-refractivity contribution is -0.660. The molecule has 2 nitrogen and oxygen atoms in total. The Balaban J connectivity index is 1.66. The average molecular weight is 424 g/mol. The van der Waals surface area contributed by atoms with Crippen LogP contribution in [0.4, 0.5) is 4.39 Å². The van der Waals surface area contributed by atoms with Crippen LogP contribution < -0.4 is 4.57 Å². The number of aryl methyl sites for hydroxylation is 4. The van der Waals surface area contributed by atoms with E-state index in [1.807, 2.05) is 12.1 Å². The van der Waals surface area contributed by atoms with Gasteiger partial charge in [0.15, 0.2) is 6.20 Å². The number of pyridine rings is 2. The standard InChI is InChI=1S/C29H28FN2/c1-17-13-24-22-12-7-19(3)31-28(22)29(4,5)26(24)15-23(17)27-14-18(2)25(16-32(27)6)20-8-10-21(30)11-9-20/h7-16H,1-6H3/q+1. The average Bonchev–Trinajstić information content (AvgIpc) is 2.96. The first-order valence-corrected chi connectivity index (χ1v) is 11.1. The van der Waals surface area contributed by atoms with Crippen molar-refractivity contribution in [2.45, 2.75) is 40.0 Å². The molecule has 0 N–H and O–H groups in total. The molecule has 5 rings (SSSR count). The summed E-state index contributed by atoms with van der Waals surface area (Å²) in [4.78, 5) is 4.90. The number of hydrogen-bond acceptors (Lipinski definition) is 1. The first-order chi connectivity index (χ1) is 15.2. The molecule has 0 radical (unpaired) electrons. The van der Waals surface area contributed by atoms with Crippen LogP contribution in [-0.2, 0) is 12.5 Å². The maximum atomic E-state index is 13.4. The number of rotatable bonds is 2. The van der Waals surface area contributed by atoms with Crippen LogP contribution in [0.5, 0.6) is 0 Å². The van der Waals surface area contributed by atoms with Crippen molar-refractivity contribution in [3.8, 4) is 33.5 Å². The van der Waals surface area contributed by atoms with Gasteiger partial charge in [-0.25, -0.2) is 8.96 Å². The molecular formula is C29H28FN2+. The maximum absolute atomic E-state index is 13.4. The van der Waals surface area contributed by atoms with Crippen molar-refractivity contribution in [2.75, 3.05) is 0 Å². The predicted molar refractivity (Wildman–Crippen MR) is 128 cm³/mol. The highest BCUT2D eigenvalue weighted by molar-refractivity contribution is 5.83. The number of aromatic nitrogens is 2. The third-order valence-electron chi connectivity index (χ3n) is 6.87. The second-order valence-corrected chi connectivity index (χ2v) is 9.56. The van der Waals surface area contributed by atoms with E-state index in [0.29, 0.717) is 0 Å². The molecule has 2 aromatic heterocycles. The van der Waals surface area contributed by atoms with Crippen LogP contribution in [0.3, 0.4) is 0 Å². The summed E-state index contributed by atoms with van der Waals surface area (Å²) < 4.78 is 15.6. The van der Waals surface area contributed by atoms with E-state index in [2.05, 4.69) is 82.8 Å². The third kappa shape index (κ3) is 3.07. The molecule has 0 saturated heterocycles. The molecule has 0 spiro atoms. The molecule has 0 saturated carbocycles. The van der Waals surface area contributed by atoms with E-state index < -0.39 is 0 Å². The first kappa shape index (κ1) is 20.6. The van der Waals surface area contributed by atoms with Gasteiger partial charge in [0.2, 0.25) is 5.69 Å². The molecule has 0 bridgehead atoms. The summed E-state index contributed by atoms with van der Waals surface area (Å²) >= 11 is 0. The normalized spacial score (nSPS) is 13.7. The summed E-state index contributed by atoms with van der Waals surface area (Å²) in [7, 11) is 2.08. The molecule has 0 fully saturated rings. The van der Waals surface area contributed by atoms with Crippen molar-refractivity contribution in [3.63, 3.8) is 0 Å². The molecule has 1 aliphatic rings. The second-order valence-electron chi connectivity index (χ2n) is 9.56. The Labute approximate surface area is 189 Å². The van der Waals surface area contributed by atoms with Gasteiger partial charge in [-0.1, -0.05) is 38.1 Å². The van der Waals surface area contributed by atoms with Crippen molar-refractivity contribution < 1.29 is 8.96 Å². The summed E-state index contributed by atoms with van der Waals surface area (Å²) in [5, 5.41) is 0. The Hall–Kier alpha value is -3.33. The molecule has 32 heavy (non-hydrogen) atoms. The SMILES string of the molecule is Cc1ccc2c(n1)C(C)(C)c1cc(-c3cc(C)c(-c4ccc(F)cc4)c[n+]3C)c(C)cc1-2. The molecular weight excluding hydrogens is 395 g/mol. The minimum absolute atomic E-state index is 0.138. The molecule has 0 aliphatic heterocycles. The van der Waals surface area contributed by atoms with Gasteiger partial charge < -0.3 is 0 Å². The minimum Gasteiger partial charge on any atom is -0.257 e. The van der Waals surface area contributed by atoms with Crippen LogP contribution in [0.1, 0.15) is 41.9 Å². The van der Waals surface area contributed by atoms with E-state index in [4.69, 9.17) is 4.98 Å². The maximum Gasteiger partial charge on any atom is 0.212 e. The second kappa shape index (κ2) is 7.09. The lowest BCUT2D eigenvalue weighted by atomic mass is 9.83. The largest absolute Gasteiger partial charge is 0.257 e. The van der Waals surface area contributed by atoms with Gasteiger partial charge in [0.25, 0.3) is 0 Å². The highest BCUT2D eigenvalue weighted by Crippen LogP contribution is 2.49. The number of benzene rings is 2. The van der Waals surface area contributed by atoms with Gasteiger partial charge in [0.1, 0.15) is 12.9 Å². The lowest BCUT2D eigenvalue weighted by Gasteiger charge is -2.21. The van der Waals surface area contributed by atoms with Gasteiger partial charge in [-0.05, 0) is 72.9 Å². The highest BCUT2D eigenvalue weighted by atomic mass is 19.1. The number of nitrogens with zero attached hydrogens (tertiary/aromatic N) is 2. The molecule has 0 amide bonds. The predicted octanol–water partition coefficient (Wildman–Crippen LogP) is 6.61. The Bertz CT molecular complexity index is 1380. The molecule has 2 heterocycles. The molecule has 2 aromatic carbocycles. The fourth-order valence-corrected chi connectivity index (χ4v) is 5.05. The van der Waals surface area contributed by atoms with Crippen LogP contribution in [0.25, 0.3) is 33.5 Å². The van der Waals surface area contributed by atoms with Crippen molar-refractivity contribution >= 4 is 0 Å². The van der Waals surface area contributed by atoms with E-state index in [1.54, 1.807) is 0 Å². The molecule has 160 valence electrons. The molecule has 3 heteroatoms. The quantitative estimate of drug-likeness (QED) is 0.332. The smallest absolute Gasteiger partial charge is 0.212 e. The van der Waals surface area contributed by atoms with Gasteiger partial charge in [-0.15, -0.1) is 0 Å². The van der Waals surface area contributed by atoms with Crippen LogP contribution in [0, 0.1) is 26.6 Å². The summed E-state index contributed by atoms with van der Waals surface area (Å²) in [5.74, 6) is -0.213. The zero-order valence-electron chi connectivity index (χ0n) is 19.5.